The maximum atomic E-state index is 12.0. The molecule has 0 atom stereocenters. The molecule has 98 valence electrons. The first-order chi connectivity index (χ1) is 9.06. The zero-order valence-corrected chi connectivity index (χ0v) is 10.5. The van der Waals surface area contributed by atoms with Gasteiger partial charge in [-0.15, -0.1) is 0 Å². The second-order valence-corrected chi connectivity index (χ2v) is 4.99. The standard InChI is InChI=1S/C13H13N3O3/c1-8-11-6-10(16(18)19)4-5-12(11)15(13(17)14-8)7-9-2-3-9/h4-6,9H,2-3,7H2,1H3. The van der Waals surface area contributed by atoms with Gasteiger partial charge in [0.15, 0.2) is 0 Å². The minimum absolute atomic E-state index is 0.0222. The van der Waals surface area contributed by atoms with E-state index in [4.69, 9.17) is 0 Å². The monoisotopic (exact) mass is 259 g/mol. The lowest BCUT2D eigenvalue weighted by molar-refractivity contribution is -0.384. The maximum Gasteiger partial charge on any atom is 0.348 e. The van der Waals surface area contributed by atoms with E-state index in [0.717, 1.165) is 18.4 Å². The molecule has 1 aromatic carbocycles. The number of nitro groups is 1. The Morgan fingerprint density at radius 3 is 2.84 bits per heavy atom. The van der Waals surface area contributed by atoms with Crippen LogP contribution in [0.3, 0.4) is 0 Å². The molecule has 1 saturated carbocycles. The fourth-order valence-corrected chi connectivity index (χ4v) is 2.26. The molecule has 0 unspecified atom stereocenters. The molecule has 1 aliphatic rings. The lowest BCUT2D eigenvalue weighted by Gasteiger charge is -2.10. The summed E-state index contributed by atoms with van der Waals surface area (Å²) in [6, 6.07) is 4.57. The van der Waals surface area contributed by atoms with E-state index in [1.807, 2.05) is 0 Å². The average Bonchev–Trinajstić information content (AvgIpc) is 3.17. The zero-order chi connectivity index (χ0) is 13.6. The van der Waals surface area contributed by atoms with E-state index in [9.17, 15) is 14.9 Å². The van der Waals surface area contributed by atoms with E-state index in [0.29, 0.717) is 23.5 Å². The van der Waals surface area contributed by atoms with Crippen molar-refractivity contribution in [1.82, 2.24) is 9.55 Å². The van der Waals surface area contributed by atoms with Crippen LogP contribution in [0.2, 0.25) is 0 Å². The summed E-state index contributed by atoms with van der Waals surface area (Å²) >= 11 is 0. The van der Waals surface area contributed by atoms with Gasteiger partial charge in [-0.3, -0.25) is 14.7 Å². The van der Waals surface area contributed by atoms with Gasteiger partial charge in [-0.25, -0.2) is 4.79 Å². The number of hydrogen-bond acceptors (Lipinski definition) is 4. The predicted molar refractivity (Wildman–Crippen MR) is 70.1 cm³/mol. The molecule has 1 fully saturated rings. The van der Waals surface area contributed by atoms with Crippen molar-refractivity contribution in [2.45, 2.75) is 26.3 Å². The van der Waals surface area contributed by atoms with Crippen LogP contribution in [-0.4, -0.2) is 14.5 Å². The second-order valence-electron chi connectivity index (χ2n) is 4.99. The molecule has 3 rings (SSSR count). The molecule has 0 N–H and O–H groups in total. The van der Waals surface area contributed by atoms with E-state index in [-0.39, 0.29) is 11.4 Å². The Kier molecular flexibility index (Phi) is 2.58. The van der Waals surface area contributed by atoms with Gasteiger partial charge >= 0.3 is 5.69 Å². The van der Waals surface area contributed by atoms with Gasteiger partial charge < -0.3 is 0 Å². The largest absolute Gasteiger partial charge is 0.348 e. The molecule has 0 amide bonds. The van der Waals surface area contributed by atoms with Crippen molar-refractivity contribution in [3.63, 3.8) is 0 Å². The van der Waals surface area contributed by atoms with Gasteiger partial charge in [0.2, 0.25) is 0 Å². The molecule has 1 heterocycles. The van der Waals surface area contributed by atoms with Crippen molar-refractivity contribution >= 4 is 16.6 Å². The van der Waals surface area contributed by atoms with Crippen LogP contribution in [0, 0.1) is 23.0 Å². The summed E-state index contributed by atoms with van der Waals surface area (Å²) in [6.45, 7) is 2.36. The van der Waals surface area contributed by atoms with Crippen molar-refractivity contribution in [2.24, 2.45) is 5.92 Å². The summed E-state index contributed by atoms with van der Waals surface area (Å²) in [4.78, 5) is 26.3. The maximum absolute atomic E-state index is 12.0. The average molecular weight is 259 g/mol. The van der Waals surface area contributed by atoms with Crippen molar-refractivity contribution in [3.8, 4) is 0 Å². The van der Waals surface area contributed by atoms with Crippen LogP contribution in [0.15, 0.2) is 23.0 Å². The second kappa shape index (κ2) is 4.15. The number of aryl methyl sites for hydroxylation is 1. The fraction of sp³-hybridized carbons (Fsp3) is 0.385. The highest BCUT2D eigenvalue weighted by Crippen LogP contribution is 2.31. The Hall–Kier alpha value is -2.24. The number of fused-ring (bicyclic) bond motifs is 1. The van der Waals surface area contributed by atoms with Gasteiger partial charge in [0.25, 0.3) is 5.69 Å². The van der Waals surface area contributed by atoms with Crippen molar-refractivity contribution in [2.75, 3.05) is 0 Å². The number of non-ortho nitro benzene ring substituents is 1. The Morgan fingerprint density at radius 1 is 1.47 bits per heavy atom. The number of nitrogens with zero attached hydrogens (tertiary/aromatic N) is 3. The van der Waals surface area contributed by atoms with Gasteiger partial charge in [-0.05, 0) is 31.7 Å². The van der Waals surface area contributed by atoms with Crippen LogP contribution in [0.4, 0.5) is 5.69 Å². The highest BCUT2D eigenvalue weighted by atomic mass is 16.6. The molecule has 19 heavy (non-hydrogen) atoms. The van der Waals surface area contributed by atoms with Crippen LogP contribution in [0.1, 0.15) is 18.5 Å². The minimum atomic E-state index is -0.435. The Labute approximate surface area is 108 Å². The van der Waals surface area contributed by atoms with E-state index < -0.39 is 4.92 Å². The van der Waals surface area contributed by atoms with Gasteiger partial charge in [-0.1, -0.05) is 0 Å². The third kappa shape index (κ3) is 2.09. The lowest BCUT2D eigenvalue weighted by atomic mass is 10.1. The normalized spacial score (nSPS) is 14.8. The van der Waals surface area contributed by atoms with Crippen molar-refractivity contribution in [3.05, 3.63) is 44.5 Å². The molecule has 6 nitrogen and oxygen atoms in total. The summed E-state index contributed by atoms with van der Waals surface area (Å²) in [5, 5.41) is 11.5. The summed E-state index contributed by atoms with van der Waals surface area (Å²) in [7, 11) is 0. The molecule has 0 aliphatic heterocycles. The number of hydrogen-bond donors (Lipinski definition) is 0. The van der Waals surface area contributed by atoms with E-state index >= 15 is 0 Å². The van der Waals surface area contributed by atoms with Crippen LogP contribution in [0.5, 0.6) is 0 Å². The third-order valence-electron chi connectivity index (χ3n) is 3.50. The highest BCUT2D eigenvalue weighted by molar-refractivity contribution is 5.83. The molecule has 1 aliphatic carbocycles. The molecule has 0 radical (unpaired) electrons. The van der Waals surface area contributed by atoms with E-state index in [1.165, 1.54) is 12.1 Å². The van der Waals surface area contributed by atoms with Gasteiger partial charge in [0.05, 0.1) is 16.1 Å². The molecule has 1 aromatic heterocycles. The zero-order valence-electron chi connectivity index (χ0n) is 10.5. The first kappa shape index (κ1) is 11.8. The molecule has 6 heteroatoms. The summed E-state index contributed by atoms with van der Waals surface area (Å²) < 4.78 is 1.63. The predicted octanol–water partition coefficient (Wildman–Crippen LogP) is 2.02. The van der Waals surface area contributed by atoms with Gasteiger partial charge in [-0.2, -0.15) is 4.98 Å². The van der Waals surface area contributed by atoms with E-state index in [2.05, 4.69) is 4.98 Å². The van der Waals surface area contributed by atoms with Crippen molar-refractivity contribution in [1.29, 1.82) is 0 Å². The third-order valence-corrected chi connectivity index (χ3v) is 3.50. The summed E-state index contributed by atoms with van der Waals surface area (Å²) in [6.07, 6.45) is 2.27. The molecule has 0 saturated heterocycles. The molecule has 2 aromatic rings. The summed E-state index contributed by atoms with van der Waals surface area (Å²) in [5.41, 5.74) is 1.02. The number of benzene rings is 1. The number of rotatable bonds is 3. The first-order valence-corrected chi connectivity index (χ1v) is 6.22. The molecule has 0 bridgehead atoms. The van der Waals surface area contributed by atoms with Crippen molar-refractivity contribution < 1.29 is 4.92 Å². The van der Waals surface area contributed by atoms with Crippen LogP contribution in [0.25, 0.3) is 10.9 Å². The molecular weight excluding hydrogens is 246 g/mol. The fourth-order valence-electron chi connectivity index (χ4n) is 2.26. The lowest BCUT2D eigenvalue weighted by Crippen LogP contribution is -2.25. The van der Waals surface area contributed by atoms with Crippen LogP contribution in [-0.2, 0) is 6.54 Å². The van der Waals surface area contributed by atoms with Crippen LogP contribution < -0.4 is 5.69 Å². The van der Waals surface area contributed by atoms with Gasteiger partial charge in [0, 0.05) is 24.1 Å². The highest BCUT2D eigenvalue weighted by Gasteiger charge is 2.23. The van der Waals surface area contributed by atoms with Gasteiger partial charge in [0.1, 0.15) is 0 Å². The Morgan fingerprint density at radius 2 is 2.21 bits per heavy atom. The summed E-state index contributed by atoms with van der Waals surface area (Å²) in [5.74, 6) is 0.542. The smallest absolute Gasteiger partial charge is 0.292 e. The van der Waals surface area contributed by atoms with E-state index in [1.54, 1.807) is 17.6 Å². The molecule has 0 spiro atoms. The number of aromatic nitrogens is 2. The quantitative estimate of drug-likeness (QED) is 0.624. The first-order valence-electron chi connectivity index (χ1n) is 6.22. The number of nitro benzene ring substituents is 1. The Bertz CT molecular complexity index is 732. The van der Waals surface area contributed by atoms with Crippen LogP contribution >= 0.6 is 0 Å². The minimum Gasteiger partial charge on any atom is -0.292 e. The SMILES string of the molecule is Cc1nc(=O)n(CC2CC2)c2ccc([N+](=O)[O-])cc12. The topological polar surface area (TPSA) is 78.0 Å². The Balaban J connectivity index is 2.24. The molecular formula is C13H13N3O3.